The molecular weight excluding hydrogens is 248 g/mol. The molecule has 1 unspecified atom stereocenters. The number of benzene rings is 1. The molecule has 3 aliphatic carbocycles. The number of carbonyl (C=O) groups is 1. The second-order valence-corrected chi connectivity index (χ2v) is 6.72. The van der Waals surface area contributed by atoms with E-state index < -0.39 is 0 Å². The summed E-state index contributed by atoms with van der Waals surface area (Å²) in [6.45, 7) is 5.62. The van der Waals surface area contributed by atoms with Crippen LogP contribution in [0.3, 0.4) is 0 Å². The lowest BCUT2D eigenvalue weighted by molar-refractivity contribution is -0.137. The largest absolute Gasteiger partial charge is 0.431 e. The van der Waals surface area contributed by atoms with Crippen molar-refractivity contribution in [1.82, 2.24) is 0 Å². The summed E-state index contributed by atoms with van der Waals surface area (Å²) in [4.78, 5) is 11.4. The molecule has 0 amide bonds. The van der Waals surface area contributed by atoms with Crippen molar-refractivity contribution in [2.75, 3.05) is 0 Å². The highest BCUT2D eigenvalue weighted by molar-refractivity contribution is 5.68. The molecule has 0 saturated heterocycles. The number of hydrogen-bond acceptors (Lipinski definition) is 2. The maximum Gasteiger partial charge on any atom is 0.307 e. The van der Waals surface area contributed by atoms with E-state index in [4.69, 9.17) is 4.74 Å². The average molecular weight is 268 g/mol. The van der Waals surface area contributed by atoms with Gasteiger partial charge in [0.2, 0.25) is 0 Å². The monoisotopic (exact) mass is 268 g/mol. The topological polar surface area (TPSA) is 26.3 Å². The molecule has 2 bridgehead atoms. The van der Waals surface area contributed by atoms with Crippen molar-refractivity contribution in [2.45, 2.75) is 39.0 Å². The molecule has 0 aromatic heterocycles. The molecule has 2 heteroatoms. The van der Waals surface area contributed by atoms with Gasteiger partial charge in [0.15, 0.2) is 0 Å². The molecule has 2 saturated carbocycles. The van der Waals surface area contributed by atoms with Crippen LogP contribution in [0, 0.1) is 17.8 Å². The van der Waals surface area contributed by atoms with Gasteiger partial charge in [-0.2, -0.15) is 0 Å². The number of esters is 1. The fraction of sp³-hybridized carbons (Fsp3) is 0.500. The molecule has 0 N–H and O–H groups in total. The molecule has 5 atom stereocenters. The third-order valence-corrected chi connectivity index (χ3v) is 5.41. The lowest BCUT2D eigenvalue weighted by atomic mass is 9.92. The van der Waals surface area contributed by atoms with Gasteiger partial charge >= 0.3 is 5.97 Å². The third-order valence-electron chi connectivity index (χ3n) is 5.41. The zero-order valence-corrected chi connectivity index (χ0v) is 12.2. The van der Waals surface area contributed by atoms with Crippen LogP contribution in [0.25, 0.3) is 0 Å². The molecule has 3 aliphatic rings. The Hall–Kier alpha value is -1.57. The summed E-state index contributed by atoms with van der Waals surface area (Å²) >= 11 is 0. The average Bonchev–Trinajstić information content (AvgIpc) is 2.86. The Labute approximate surface area is 119 Å². The Kier molecular flexibility index (Phi) is 2.42. The second kappa shape index (κ2) is 3.97. The van der Waals surface area contributed by atoms with Crippen LogP contribution in [0.2, 0.25) is 0 Å². The van der Waals surface area contributed by atoms with Crippen LogP contribution in [-0.4, -0.2) is 5.97 Å². The second-order valence-electron chi connectivity index (χ2n) is 6.72. The predicted molar refractivity (Wildman–Crippen MR) is 77.2 cm³/mol. The lowest BCUT2D eigenvalue weighted by Crippen LogP contribution is -2.07. The van der Waals surface area contributed by atoms with E-state index in [2.05, 4.69) is 38.1 Å². The summed E-state index contributed by atoms with van der Waals surface area (Å²) in [6.07, 6.45) is 1.31. The molecule has 0 aliphatic heterocycles. The molecule has 4 rings (SSSR count). The van der Waals surface area contributed by atoms with Crippen molar-refractivity contribution in [2.24, 2.45) is 17.8 Å². The lowest BCUT2D eigenvalue weighted by Gasteiger charge is -2.14. The molecule has 1 aromatic rings. The van der Waals surface area contributed by atoms with E-state index in [1.54, 1.807) is 11.1 Å². The molecule has 0 radical (unpaired) electrons. The van der Waals surface area contributed by atoms with Gasteiger partial charge in [-0.15, -0.1) is 0 Å². The number of allylic oxidation sites excluding steroid dienone is 2. The number of hydrogen-bond donors (Lipinski definition) is 0. The minimum absolute atomic E-state index is 0.184. The van der Waals surface area contributed by atoms with Crippen molar-refractivity contribution in [3.8, 4) is 0 Å². The Morgan fingerprint density at radius 3 is 2.05 bits per heavy atom. The highest BCUT2D eigenvalue weighted by atomic mass is 16.5. The summed E-state index contributed by atoms with van der Waals surface area (Å²) in [5.41, 5.74) is 4.26. The Bertz CT molecular complexity index is 589. The van der Waals surface area contributed by atoms with Crippen molar-refractivity contribution in [3.05, 3.63) is 46.7 Å². The molecule has 0 spiro atoms. The van der Waals surface area contributed by atoms with Crippen molar-refractivity contribution >= 4 is 5.97 Å². The van der Waals surface area contributed by atoms with E-state index in [0.717, 1.165) is 11.3 Å². The van der Waals surface area contributed by atoms with Gasteiger partial charge in [-0.3, -0.25) is 4.79 Å². The smallest absolute Gasteiger partial charge is 0.307 e. The van der Waals surface area contributed by atoms with Crippen LogP contribution in [0.1, 0.15) is 50.2 Å². The van der Waals surface area contributed by atoms with Crippen molar-refractivity contribution in [3.63, 3.8) is 0 Å². The molecule has 2 nitrogen and oxygen atoms in total. The number of fused-ring (bicyclic) bond motifs is 8. The first kappa shape index (κ1) is 12.2. The molecule has 1 aromatic carbocycles. The molecular formula is C18H20O2. The first-order valence-electron chi connectivity index (χ1n) is 7.54. The Morgan fingerprint density at radius 2 is 1.60 bits per heavy atom. The van der Waals surface area contributed by atoms with Crippen LogP contribution in [0.4, 0.5) is 0 Å². The highest BCUT2D eigenvalue weighted by Crippen LogP contribution is 2.75. The van der Waals surface area contributed by atoms with Crippen molar-refractivity contribution in [1.29, 1.82) is 0 Å². The summed E-state index contributed by atoms with van der Waals surface area (Å²) in [6, 6.07) is 8.89. The Morgan fingerprint density at radius 1 is 1.05 bits per heavy atom. The minimum Gasteiger partial charge on any atom is -0.431 e. The summed E-state index contributed by atoms with van der Waals surface area (Å²) < 4.78 is 5.54. The summed E-state index contributed by atoms with van der Waals surface area (Å²) in [5.74, 6) is 4.04. The number of ether oxygens (including phenoxy) is 1. The van der Waals surface area contributed by atoms with Gasteiger partial charge in [0.1, 0.15) is 5.76 Å². The standard InChI is InChI=1S/C18H20O2/c1-9(2)18(20-10(3)19)17-15-13-8-14(16(15)17)12-7-5-4-6-11(12)13/h4-7,13-17H,8H2,1-3H3/t13-,14+,15-,16+,17?. The van der Waals surface area contributed by atoms with Gasteiger partial charge in [0, 0.05) is 12.8 Å². The predicted octanol–water partition coefficient (Wildman–Crippen LogP) is 3.99. The van der Waals surface area contributed by atoms with E-state index in [1.807, 2.05) is 0 Å². The van der Waals surface area contributed by atoms with E-state index in [1.165, 1.54) is 13.3 Å². The van der Waals surface area contributed by atoms with Crippen LogP contribution in [-0.2, 0) is 9.53 Å². The summed E-state index contributed by atoms with van der Waals surface area (Å²) in [7, 11) is 0. The van der Waals surface area contributed by atoms with E-state index in [0.29, 0.717) is 29.6 Å². The van der Waals surface area contributed by atoms with Gasteiger partial charge in [-0.1, -0.05) is 24.3 Å². The first-order chi connectivity index (χ1) is 9.59. The van der Waals surface area contributed by atoms with E-state index in [-0.39, 0.29) is 5.97 Å². The van der Waals surface area contributed by atoms with Crippen LogP contribution in [0.15, 0.2) is 35.6 Å². The maximum atomic E-state index is 11.4. The molecule has 104 valence electrons. The van der Waals surface area contributed by atoms with E-state index >= 15 is 0 Å². The zero-order chi connectivity index (χ0) is 14.0. The number of carbonyl (C=O) groups excluding carboxylic acids is 1. The molecule has 2 fully saturated rings. The van der Waals surface area contributed by atoms with Crippen LogP contribution in [0.5, 0.6) is 0 Å². The highest BCUT2D eigenvalue weighted by Gasteiger charge is 2.68. The quantitative estimate of drug-likeness (QED) is 0.599. The zero-order valence-electron chi connectivity index (χ0n) is 12.2. The number of rotatable bonds is 2. The molecule has 20 heavy (non-hydrogen) atoms. The normalized spacial score (nSPS) is 35.2. The third kappa shape index (κ3) is 1.48. The summed E-state index contributed by atoms with van der Waals surface area (Å²) in [5, 5.41) is 0. The fourth-order valence-electron chi connectivity index (χ4n) is 4.85. The van der Waals surface area contributed by atoms with Crippen LogP contribution < -0.4 is 0 Å². The Balaban J connectivity index is 1.67. The first-order valence-corrected chi connectivity index (χ1v) is 7.54. The van der Waals surface area contributed by atoms with Gasteiger partial charge in [0.05, 0.1) is 0 Å². The van der Waals surface area contributed by atoms with Crippen LogP contribution >= 0.6 is 0 Å². The van der Waals surface area contributed by atoms with E-state index in [9.17, 15) is 4.79 Å². The van der Waals surface area contributed by atoms with Gasteiger partial charge < -0.3 is 4.74 Å². The minimum atomic E-state index is -0.184. The van der Waals surface area contributed by atoms with Crippen molar-refractivity contribution < 1.29 is 9.53 Å². The fourth-order valence-corrected chi connectivity index (χ4v) is 4.85. The maximum absolute atomic E-state index is 11.4. The van der Waals surface area contributed by atoms with Gasteiger partial charge in [-0.05, 0) is 60.6 Å². The van der Waals surface area contributed by atoms with Gasteiger partial charge in [0.25, 0.3) is 0 Å². The van der Waals surface area contributed by atoms with Gasteiger partial charge in [-0.25, -0.2) is 0 Å². The SMILES string of the molecule is CC(=O)OC(=C(C)C)C1[C@@H]2[C@H]1[C@@H]1C[C@H]2c2ccccc21. The molecule has 0 heterocycles.